The lowest BCUT2D eigenvalue weighted by Gasteiger charge is -2.19. The normalized spacial score (nSPS) is 16.8. The first kappa shape index (κ1) is 19.5. The summed E-state index contributed by atoms with van der Waals surface area (Å²) in [7, 11) is 0. The van der Waals surface area contributed by atoms with Gasteiger partial charge in [0, 0.05) is 32.5 Å². The number of carbonyl (C=O) groups is 2. The monoisotopic (exact) mass is 423 g/mol. The standard InChI is InChI=1S/C23H25N5O3.2H2/c29-22(16-9-10-16)24-17-7-4-8-18(13-17)31-21-12-11-20-25-19(14-28(20)27-21)26-23(30)15-5-2-1-3-6-15;;/h4,7-8,11-16H,1-3,5-6,9-10H2,(H,24,29)(H,26,30);2*1H. The molecule has 0 saturated heterocycles. The highest BCUT2D eigenvalue weighted by molar-refractivity contribution is 5.94. The first-order valence-electron chi connectivity index (χ1n) is 10.9. The summed E-state index contributed by atoms with van der Waals surface area (Å²) in [5.74, 6) is 1.75. The van der Waals surface area contributed by atoms with Crippen molar-refractivity contribution in [2.24, 2.45) is 11.8 Å². The van der Waals surface area contributed by atoms with Crippen LogP contribution >= 0.6 is 0 Å². The van der Waals surface area contributed by atoms with Gasteiger partial charge in [0.25, 0.3) is 0 Å². The molecule has 164 valence electrons. The number of ether oxygens (including phenoxy) is 1. The molecule has 1 aromatic carbocycles. The van der Waals surface area contributed by atoms with Crippen molar-refractivity contribution in [1.82, 2.24) is 14.6 Å². The molecule has 2 saturated carbocycles. The van der Waals surface area contributed by atoms with Crippen LogP contribution in [0.15, 0.2) is 42.6 Å². The zero-order chi connectivity index (χ0) is 21.2. The topological polar surface area (TPSA) is 97.6 Å². The number of fused-ring (bicyclic) bond motifs is 1. The summed E-state index contributed by atoms with van der Waals surface area (Å²) in [5, 5.41) is 10.3. The van der Waals surface area contributed by atoms with Crippen molar-refractivity contribution in [2.45, 2.75) is 44.9 Å². The number of carbonyl (C=O) groups excluding carboxylic acids is 2. The Bertz CT molecular complexity index is 1130. The average molecular weight is 424 g/mol. The van der Waals surface area contributed by atoms with Crippen LogP contribution in [0.1, 0.15) is 47.8 Å². The zero-order valence-electron chi connectivity index (χ0n) is 17.2. The van der Waals surface area contributed by atoms with Crippen LogP contribution in [0.4, 0.5) is 11.5 Å². The Morgan fingerprint density at radius 2 is 1.74 bits per heavy atom. The highest BCUT2D eigenvalue weighted by Crippen LogP contribution is 2.31. The Kier molecular flexibility index (Phi) is 5.28. The van der Waals surface area contributed by atoms with E-state index in [1.54, 1.807) is 28.9 Å². The fraction of sp³-hybridized carbons (Fsp3) is 0.391. The van der Waals surface area contributed by atoms with Crippen LogP contribution in [0.3, 0.4) is 0 Å². The molecule has 8 heteroatoms. The van der Waals surface area contributed by atoms with Gasteiger partial charge in [-0.1, -0.05) is 25.3 Å². The van der Waals surface area contributed by atoms with Gasteiger partial charge in [-0.25, -0.2) is 9.50 Å². The molecule has 2 aromatic heterocycles. The molecule has 3 aromatic rings. The zero-order valence-corrected chi connectivity index (χ0v) is 17.2. The van der Waals surface area contributed by atoms with Crippen molar-refractivity contribution in [2.75, 3.05) is 10.6 Å². The van der Waals surface area contributed by atoms with E-state index in [1.165, 1.54) is 6.42 Å². The molecule has 0 radical (unpaired) electrons. The molecule has 0 aliphatic heterocycles. The van der Waals surface area contributed by atoms with Gasteiger partial charge in [0.05, 0.1) is 6.20 Å². The quantitative estimate of drug-likeness (QED) is 0.589. The lowest BCUT2D eigenvalue weighted by molar-refractivity contribution is -0.120. The van der Waals surface area contributed by atoms with Crippen molar-refractivity contribution in [1.29, 1.82) is 0 Å². The van der Waals surface area contributed by atoms with Gasteiger partial charge in [0.1, 0.15) is 5.75 Å². The second-order valence-electron chi connectivity index (χ2n) is 8.32. The highest BCUT2D eigenvalue weighted by atomic mass is 16.5. The van der Waals surface area contributed by atoms with Gasteiger partial charge >= 0.3 is 0 Å². The van der Waals surface area contributed by atoms with Crippen molar-refractivity contribution in [3.63, 3.8) is 0 Å². The van der Waals surface area contributed by atoms with Gasteiger partial charge in [-0.2, -0.15) is 0 Å². The maximum atomic E-state index is 12.5. The smallest absolute Gasteiger partial charge is 0.237 e. The number of rotatable bonds is 6. The molecule has 2 aliphatic rings. The van der Waals surface area contributed by atoms with E-state index in [4.69, 9.17) is 4.74 Å². The van der Waals surface area contributed by atoms with E-state index in [0.29, 0.717) is 28.8 Å². The minimum Gasteiger partial charge on any atom is -0.438 e. The summed E-state index contributed by atoms with van der Waals surface area (Å²) in [6.07, 6.45) is 8.91. The van der Waals surface area contributed by atoms with Crippen molar-refractivity contribution in [3.8, 4) is 11.6 Å². The molecule has 31 heavy (non-hydrogen) atoms. The number of amides is 2. The lowest BCUT2D eigenvalue weighted by Crippen LogP contribution is -2.24. The molecule has 2 heterocycles. The lowest BCUT2D eigenvalue weighted by atomic mass is 9.89. The highest BCUT2D eigenvalue weighted by Gasteiger charge is 2.29. The Morgan fingerprint density at radius 3 is 2.55 bits per heavy atom. The molecule has 0 spiro atoms. The predicted molar refractivity (Wildman–Crippen MR) is 120 cm³/mol. The van der Waals surface area contributed by atoms with E-state index in [0.717, 1.165) is 38.5 Å². The molecular formula is C23H29N5O3. The van der Waals surface area contributed by atoms with Crippen molar-refractivity contribution in [3.05, 3.63) is 42.6 Å². The first-order valence-corrected chi connectivity index (χ1v) is 10.9. The van der Waals surface area contributed by atoms with E-state index in [-0.39, 0.29) is 26.5 Å². The summed E-state index contributed by atoms with van der Waals surface area (Å²) < 4.78 is 7.46. The van der Waals surface area contributed by atoms with Crippen LogP contribution in [-0.4, -0.2) is 26.4 Å². The maximum absolute atomic E-state index is 12.5. The van der Waals surface area contributed by atoms with Crippen molar-refractivity contribution < 1.29 is 17.2 Å². The molecule has 8 nitrogen and oxygen atoms in total. The minimum atomic E-state index is 0. The van der Waals surface area contributed by atoms with E-state index >= 15 is 0 Å². The fourth-order valence-corrected chi connectivity index (χ4v) is 3.92. The molecule has 2 N–H and O–H groups in total. The summed E-state index contributed by atoms with van der Waals surface area (Å²) in [6.45, 7) is 0. The van der Waals surface area contributed by atoms with E-state index in [2.05, 4.69) is 20.7 Å². The number of imidazole rings is 1. The molecule has 0 unspecified atom stereocenters. The molecule has 5 rings (SSSR count). The Morgan fingerprint density at radius 1 is 0.968 bits per heavy atom. The molecular weight excluding hydrogens is 394 g/mol. The van der Waals surface area contributed by atoms with Crippen LogP contribution in [0.25, 0.3) is 5.65 Å². The van der Waals surface area contributed by atoms with Crippen LogP contribution in [0, 0.1) is 11.8 Å². The first-order chi connectivity index (χ1) is 15.1. The fourth-order valence-electron chi connectivity index (χ4n) is 3.92. The van der Waals surface area contributed by atoms with Crippen LogP contribution < -0.4 is 15.4 Å². The number of aromatic nitrogens is 3. The van der Waals surface area contributed by atoms with Crippen LogP contribution in [0.2, 0.25) is 0 Å². The number of anilines is 2. The van der Waals surface area contributed by atoms with Gasteiger partial charge in [-0.15, -0.1) is 5.10 Å². The Balaban J connectivity index is 0.00000153. The number of nitrogens with one attached hydrogen (secondary N) is 2. The number of nitrogens with zero attached hydrogens (tertiary/aromatic N) is 3. The second kappa shape index (κ2) is 8.37. The van der Waals surface area contributed by atoms with Gasteiger partial charge in [-0.05, 0) is 43.9 Å². The summed E-state index contributed by atoms with van der Waals surface area (Å²) in [5.41, 5.74) is 1.32. The van der Waals surface area contributed by atoms with Crippen molar-refractivity contribution >= 4 is 29.0 Å². The van der Waals surface area contributed by atoms with Crippen LogP contribution in [-0.2, 0) is 9.59 Å². The third kappa shape index (κ3) is 4.68. The van der Waals surface area contributed by atoms with E-state index in [1.807, 2.05) is 18.2 Å². The number of hydrogen-bond acceptors (Lipinski definition) is 5. The minimum absolute atomic E-state index is 0. The third-order valence-electron chi connectivity index (χ3n) is 5.79. The molecule has 2 amide bonds. The molecule has 0 bridgehead atoms. The molecule has 2 fully saturated rings. The van der Waals surface area contributed by atoms with Crippen LogP contribution in [0.5, 0.6) is 11.6 Å². The van der Waals surface area contributed by atoms with Gasteiger partial charge in [0.2, 0.25) is 17.7 Å². The van der Waals surface area contributed by atoms with Gasteiger partial charge in [-0.3, -0.25) is 9.59 Å². The molecule has 0 atom stereocenters. The summed E-state index contributed by atoms with van der Waals surface area (Å²) >= 11 is 0. The Hall–Kier alpha value is -3.42. The van der Waals surface area contributed by atoms with Gasteiger partial charge in [0.15, 0.2) is 11.5 Å². The summed E-state index contributed by atoms with van der Waals surface area (Å²) in [6, 6.07) is 10.8. The average Bonchev–Trinajstić information content (AvgIpc) is 3.55. The largest absolute Gasteiger partial charge is 0.438 e. The number of hydrogen-bond donors (Lipinski definition) is 2. The number of benzene rings is 1. The SMILES string of the molecule is O=C(Nc1cccc(Oc2ccc3nc(NC(=O)C4CCCCC4)cn3n2)c1)C1CC1.[HH].[HH]. The summed E-state index contributed by atoms with van der Waals surface area (Å²) in [4.78, 5) is 28.9. The van der Waals surface area contributed by atoms with Gasteiger partial charge < -0.3 is 15.4 Å². The second-order valence-corrected chi connectivity index (χ2v) is 8.32. The van der Waals surface area contributed by atoms with E-state index in [9.17, 15) is 9.59 Å². The maximum Gasteiger partial charge on any atom is 0.237 e. The third-order valence-corrected chi connectivity index (χ3v) is 5.79. The molecule has 2 aliphatic carbocycles. The Labute approximate surface area is 183 Å². The predicted octanol–water partition coefficient (Wildman–Crippen LogP) is 4.88. The van der Waals surface area contributed by atoms with E-state index < -0.39 is 0 Å².